The van der Waals surface area contributed by atoms with Crippen LogP contribution in [0.3, 0.4) is 0 Å². The van der Waals surface area contributed by atoms with E-state index in [1.807, 2.05) is 6.07 Å². The van der Waals surface area contributed by atoms with Crippen LogP contribution in [0.1, 0.15) is 5.82 Å². The molecule has 0 aromatic carbocycles. The van der Waals surface area contributed by atoms with E-state index < -0.39 is 22.1 Å². The van der Waals surface area contributed by atoms with Crippen LogP contribution < -0.4 is 5.32 Å². The number of tetrazole rings is 1. The molecular formula is C15H17N7O4S4. The third-order valence-corrected chi connectivity index (χ3v) is 9.03. The number of nitriles is 1. The number of hydrogen-bond acceptors (Lipinski definition) is 11. The molecule has 0 radical (unpaired) electrons. The Balaban J connectivity index is 1.78. The lowest BCUT2D eigenvalue weighted by Crippen LogP contribution is -2.78. The molecule has 2 aliphatic heterocycles. The van der Waals surface area contributed by atoms with Gasteiger partial charge in [0.05, 0.1) is 23.3 Å². The van der Waals surface area contributed by atoms with E-state index in [9.17, 15) is 19.5 Å². The molecule has 15 heteroatoms. The summed E-state index contributed by atoms with van der Waals surface area (Å²) >= 11 is 5.00. The van der Waals surface area contributed by atoms with Gasteiger partial charge in [-0.3, -0.25) is 14.5 Å². The van der Waals surface area contributed by atoms with Crippen LogP contribution in [0, 0.1) is 11.3 Å². The minimum atomic E-state index is -1.22. The number of nitrogens with one attached hydrogen (secondary N) is 1. The number of carbonyl (C=O) groups excluding carboxylic acids is 2. The number of carboxylic acids is 1. The molecule has 2 amide bonds. The topological polar surface area (TPSA) is 154 Å². The van der Waals surface area contributed by atoms with Crippen LogP contribution in [0.4, 0.5) is 0 Å². The third kappa shape index (κ3) is 4.13. The maximum atomic E-state index is 13.0. The van der Waals surface area contributed by atoms with Crippen molar-refractivity contribution in [2.24, 2.45) is 7.05 Å². The van der Waals surface area contributed by atoms with Crippen LogP contribution in [-0.2, 0) is 27.2 Å². The quantitative estimate of drug-likeness (QED) is 0.275. The lowest BCUT2D eigenvalue weighted by atomic mass is 10.0. The molecule has 0 spiro atoms. The summed E-state index contributed by atoms with van der Waals surface area (Å²) < 4.78 is 1.50. The second-order valence-corrected chi connectivity index (χ2v) is 10.2. The average Bonchev–Trinajstić information content (AvgIpc) is 3.14. The second-order valence-electron chi connectivity index (χ2n) is 6.06. The summed E-state index contributed by atoms with van der Waals surface area (Å²) in [5.74, 6) is -0.481. The SMILES string of the molecule is CS[C@@]1(NC(=O)CSCC#N)C(=O)N2C(C(=O)O)=C(SCc3nnnn3C)CS[C@@H]21. The van der Waals surface area contributed by atoms with E-state index in [4.69, 9.17) is 5.26 Å². The first kappa shape index (κ1) is 22.8. The Bertz CT molecular complexity index is 946. The van der Waals surface area contributed by atoms with E-state index in [-0.39, 0.29) is 23.1 Å². The van der Waals surface area contributed by atoms with Gasteiger partial charge in [0.2, 0.25) is 5.91 Å². The van der Waals surface area contributed by atoms with Crippen LogP contribution in [0.5, 0.6) is 0 Å². The van der Waals surface area contributed by atoms with Crippen molar-refractivity contribution in [2.45, 2.75) is 16.0 Å². The molecule has 1 aromatic rings. The molecule has 1 saturated heterocycles. The maximum absolute atomic E-state index is 13.0. The van der Waals surface area contributed by atoms with Gasteiger partial charge in [-0.1, -0.05) is 0 Å². The highest BCUT2D eigenvalue weighted by molar-refractivity contribution is 8.07. The van der Waals surface area contributed by atoms with E-state index in [0.29, 0.717) is 22.2 Å². The van der Waals surface area contributed by atoms with Crippen LogP contribution in [0.2, 0.25) is 0 Å². The van der Waals surface area contributed by atoms with Gasteiger partial charge in [-0.25, -0.2) is 9.48 Å². The molecule has 1 fully saturated rings. The molecule has 160 valence electrons. The number of thioether (sulfide) groups is 4. The van der Waals surface area contributed by atoms with Gasteiger partial charge >= 0.3 is 5.97 Å². The molecule has 0 aliphatic carbocycles. The number of β-lactam (4-membered cyclic amide) rings is 1. The van der Waals surface area contributed by atoms with Crippen LogP contribution in [0.25, 0.3) is 0 Å². The molecule has 11 nitrogen and oxygen atoms in total. The molecular weight excluding hydrogens is 470 g/mol. The van der Waals surface area contributed by atoms with Crippen molar-refractivity contribution in [1.82, 2.24) is 30.4 Å². The summed E-state index contributed by atoms with van der Waals surface area (Å²) in [4.78, 5) is 37.8. The second kappa shape index (κ2) is 9.50. The highest BCUT2D eigenvalue weighted by atomic mass is 32.2. The van der Waals surface area contributed by atoms with Gasteiger partial charge < -0.3 is 10.4 Å². The summed E-state index contributed by atoms with van der Waals surface area (Å²) in [7, 11) is 1.69. The van der Waals surface area contributed by atoms with Crippen molar-refractivity contribution in [3.63, 3.8) is 0 Å². The Morgan fingerprint density at radius 2 is 2.27 bits per heavy atom. The molecule has 0 unspecified atom stereocenters. The number of rotatable bonds is 9. The predicted molar refractivity (Wildman–Crippen MR) is 115 cm³/mol. The van der Waals surface area contributed by atoms with Gasteiger partial charge in [0.1, 0.15) is 11.1 Å². The Morgan fingerprint density at radius 1 is 1.50 bits per heavy atom. The number of hydrogen-bond donors (Lipinski definition) is 2. The largest absolute Gasteiger partial charge is 0.477 e. The fourth-order valence-corrected chi connectivity index (χ4v) is 7.25. The predicted octanol–water partition coefficient (Wildman–Crippen LogP) is 0.0869. The molecule has 2 atom stereocenters. The highest BCUT2D eigenvalue weighted by Gasteiger charge is 2.65. The highest BCUT2D eigenvalue weighted by Crippen LogP contribution is 2.52. The lowest BCUT2D eigenvalue weighted by Gasteiger charge is -2.56. The normalized spacial score (nSPS) is 22.9. The van der Waals surface area contributed by atoms with E-state index in [1.165, 1.54) is 44.9 Å². The van der Waals surface area contributed by atoms with Crippen LogP contribution in [-0.4, -0.2) is 81.8 Å². The maximum Gasteiger partial charge on any atom is 0.353 e. The van der Waals surface area contributed by atoms with Gasteiger partial charge in [0.25, 0.3) is 5.91 Å². The van der Waals surface area contributed by atoms with Crippen molar-refractivity contribution < 1.29 is 19.5 Å². The molecule has 3 rings (SSSR count). The number of fused-ring (bicyclic) bond motifs is 1. The molecule has 30 heavy (non-hydrogen) atoms. The zero-order valence-corrected chi connectivity index (χ0v) is 19.2. The Labute approximate surface area is 188 Å². The van der Waals surface area contributed by atoms with Gasteiger partial charge in [-0.05, 0) is 16.7 Å². The standard InChI is InChI=1S/C15H17N7O4S4/c1-21-9(18-19-20-21)6-29-8-5-30-14-15(27-2,17-10(23)7-28-4-3-16)13(26)22(14)11(8)12(24)25/h14H,4-7H2,1-2H3,(H,17,23)(H,24,25)/t14-,15+/m1/s1. The van der Waals surface area contributed by atoms with Crippen LogP contribution in [0.15, 0.2) is 10.6 Å². The number of aryl methyl sites for hydroxylation is 1. The molecule has 0 saturated carbocycles. The van der Waals surface area contributed by atoms with Gasteiger partial charge in [0.15, 0.2) is 10.7 Å². The van der Waals surface area contributed by atoms with Crippen molar-refractivity contribution in [3.05, 3.63) is 16.4 Å². The summed E-state index contributed by atoms with van der Waals surface area (Å²) in [5.41, 5.74) is -0.0679. The number of aromatic nitrogens is 4. The van der Waals surface area contributed by atoms with Crippen molar-refractivity contribution >= 4 is 64.8 Å². The summed E-state index contributed by atoms with van der Waals surface area (Å²) in [5, 5.41) is 31.8. The van der Waals surface area contributed by atoms with E-state index in [0.717, 1.165) is 11.8 Å². The fraction of sp³-hybridized carbons (Fsp3) is 0.533. The minimum absolute atomic E-state index is 0.0506. The van der Waals surface area contributed by atoms with E-state index in [1.54, 1.807) is 13.3 Å². The summed E-state index contributed by atoms with van der Waals surface area (Å²) in [6, 6.07) is 1.94. The smallest absolute Gasteiger partial charge is 0.353 e. The first-order valence-corrected chi connectivity index (χ1v) is 12.8. The number of aliphatic carboxylic acids is 1. The molecule has 1 aromatic heterocycles. The van der Waals surface area contributed by atoms with Crippen molar-refractivity contribution in [2.75, 3.05) is 23.5 Å². The Kier molecular flexibility index (Phi) is 7.22. The van der Waals surface area contributed by atoms with Gasteiger partial charge in [-0.15, -0.1) is 52.1 Å². The Hall–Kier alpha value is -1.89. The summed E-state index contributed by atoms with van der Waals surface area (Å²) in [6.45, 7) is 0. The average molecular weight is 488 g/mol. The first-order valence-electron chi connectivity index (χ1n) is 8.42. The molecule has 2 aliphatic rings. The number of carboxylic acid groups (broad SMARTS) is 1. The zero-order valence-electron chi connectivity index (χ0n) is 15.9. The Morgan fingerprint density at radius 3 is 2.87 bits per heavy atom. The van der Waals surface area contributed by atoms with E-state index >= 15 is 0 Å². The van der Waals surface area contributed by atoms with Gasteiger partial charge in [-0.2, -0.15) is 5.26 Å². The molecule has 0 bridgehead atoms. The molecule has 3 heterocycles. The lowest BCUT2D eigenvalue weighted by molar-refractivity contribution is -0.152. The first-order chi connectivity index (χ1) is 14.4. The molecule has 2 N–H and O–H groups in total. The van der Waals surface area contributed by atoms with E-state index in [2.05, 4.69) is 20.8 Å². The van der Waals surface area contributed by atoms with Crippen molar-refractivity contribution in [3.8, 4) is 6.07 Å². The number of nitrogens with zero attached hydrogens (tertiary/aromatic N) is 6. The fourth-order valence-electron chi connectivity index (χ4n) is 2.92. The third-order valence-electron chi connectivity index (χ3n) is 4.33. The number of carbonyl (C=O) groups is 3. The number of amides is 2. The van der Waals surface area contributed by atoms with Crippen LogP contribution >= 0.6 is 47.0 Å². The summed E-state index contributed by atoms with van der Waals surface area (Å²) in [6.07, 6.45) is 1.70. The zero-order chi connectivity index (χ0) is 21.9. The van der Waals surface area contributed by atoms with Crippen molar-refractivity contribution in [1.29, 1.82) is 5.26 Å². The minimum Gasteiger partial charge on any atom is -0.477 e. The van der Waals surface area contributed by atoms with Gasteiger partial charge in [0, 0.05) is 17.7 Å². The monoisotopic (exact) mass is 487 g/mol.